The van der Waals surface area contributed by atoms with Gasteiger partial charge in [0.25, 0.3) is 0 Å². The first-order valence-electron chi connectivity index (χ1n) is 9.92. The second-order valence-electron chi connectivity index (χ2n) is 8.24. The number of hydrogen-bond acceptors (Lipinski definition) is 3. The Labute approximate surface area is 168 Å². The van der Waals surface area contributed by atoms with Crippen molar-refractivity contribution in [3.63, 3.8) is 0 Å². The molecule has 0 unspecified atom stereocenters. The first-order chi connectivity index (χ1) is 13.4. The summed E-state index contributed by atoms with van der Waals surface area (Å²) in [6, 6.07) is 19.0. The maximum atomic E-state index is 6.11. The lowest BCUT2D eigenvalue weighted by atomic mass is 9.86. The van der Waals surface area contributed by atoms with Crippen LogP contribution >= 0.6 is 0 Å². The lowest BCUT2D eigenvalue weighted by Gasteiger charge is -2.23. The lowest BCUT2D eigenvalue weighted by Crippen LogP contribution is -2.16. The summed E-state index contributed by atoms with van der Waals surface area (Å²) < 4.78 is 12.2. The molecule has 0 amide bonds. The van der Waals surface area contributed by atoms with Crippen LogP contribution in [0.3, 0.4) is 0 Å². The van der Waals surface area contributed by atoms with Gasteiger partial charge in [0.2, 0.25) is 0 Å². The molecule has 0 aliphatic heterocycles. The third-order valence-corrected chi connectivity index (χ3v) is 4.89. The normalized spacial score (nSPS) is 11.6. The minimum atomic E-state index is 0.0439. The molecular weight excluding hydrogens is 346 g/mol. The predicted octanol–water partition coefficient (Wildman–Crippen LogP) is 5.62. The third kappa shape index (κ3) is 4.66. The van der Waals surface area contributed by atoms with Gasteiger partial charge in [0.1, 0.15) is 24.7 Å². The van der Waals surface area contributed by atoms with E-state index in [9.17, 15) is 0 Å². The predicted molar refractivity (Wildman–Crippen MR) is 118 cm³/mol. The van der Waals surface area contributed by atoms with Crippen molar-refractivity contribution in [3.05, 3.63) is 71.3 Å². The summed E-state index contributed by atoms with van der Waals surface area (Å²) in [5.74, 6) is 1.86. The Morgan fingerprint density at radius 2 is 1.57 bits per heavy atom. The Kier molecular flexibility index (Phi) is 6.25. The standard InChI is InChI=1S/C25H31NO2/c1-18-10-12-22(25(2,3)4)24(16-18)28-15-14-27-23-13-11-19-8-6-7-9-20(19)21(23)17-26-5/h6-13,16,26H,14-15,17H2,1-5H3. The number of hydrogen-bond donors (Lipinski definition) is 1. The van der Waals surface area contributed by atoms with E-state index in [1.165, 1.54) is 27.5 Å². The van der Waals surface area contributed by atoms with Gasteiger partial charge in [0.15, 0.2) is 0 Å². The van der Waals surface area contributed by atoms with Crippen LogP contribution in [0.25, 0.3) is 10.8 Å². The molecular formula is C25H31NO2. The van der Waals surface area contributed by atoms with Gasteiger partial charge in [-0.15, -0.1) is 0 Å². The minimum Gasteiger partial charge on any atom is -0.490 e. The molecule has 3 nitrogen and oxygen atoms in total. The smallest absolute Gasteiger partial charge is 0.124 e. The van der Waals surface area contributed by atoms with E-state index in [-0.39, 0.29) is 5.41 Å². The largest absolute Gasteiger partial charge is 0.490 e. The Hall–Kier alpha value is -2.52. The molecule has 0 fully saturated rings. The number of ether oxygens (including phenoxy) is 2. The van der Waals surface area contributed by atoms with Gasteiger partial charge in [-0.2, -0.15) is 0 Å². The van der Waals surface area contributed by atoms with Crippen molar-refractivity contribution in [2.24, 2.45) is 0 Å². The lowest BCUT2D eigenvalue weighted by molar-refractivity contribution is 0.213. The summed E-state index contributed by atoms with van der Waals surface area (Å²) in [6.45, 7) is 10.5. The Morgan fingerprint density at radius 3 is 2.29 bits per heavy atom. The molecule has 0 spiro atoms. The van der Waals surface area contributed by atoms with Crippen LogP contribution in [0.5, 0.6) is 11.5 Å². The van der Waals surface area contributed by atoms with Crippen molar-refractivity contribution in [1.29, 1.82) is 0 Å². The quantitative estimate of drug-likeness (QED) is 0.542. The van der Waals surface area contributed by atoms with Gasteiger partial charge < -0.3 is 14.8 Å². The molecule has 3 aromatic carbocycles. The number of nitrogens with one attached hydrogen (secondary N) is 1. The van der Waals surface area contributed by atoms with Crippen LogP contribution < -0.4 is 14.8 Å². The summed E-state index contributed by atoms with van der Waals surface area (Å²) >= 11 is 0. The molecule has 0 aliphatic carbocycles. The Morgan fingerprint density at radius 1 is 0.857 bits per heavy atom. The van der Waals surface area contributed by atoms with E-state index in [2.05, 4.69) is 87.6 Å². The van der Waals surface area contributed by atoms with E-state index in [4.69, 9.17) is 9.47 Å². The fourth-order valence-corrected chi connectivity index (χ4v) is 3.48. The highest BCUT2D eigenvalue weighted by Crippen LogP contribution is 2.32. The van der Waals surface area contributed by atoms with Gasteiger partial charge in [-0.05, 0) is 53.4 Å². The molecule has 0 aliphatic rings. The number of rotatable bonds is 7. The Balaban J connectivity index is 1.71. The number of fused-ring (bicyclic) bond motifs is 1. The SMILES string of the molecule is CNCc1c(OCCOc2cc(C)ccc2C(C)(C)C)ccc2ccccc12. The zero-order valence-electron chi connectivity index (χ0n) is 17.6. The molecule has 0 saturated carbocycles. The van der Waals surface area contributed by atoms with Crippen molar-refractivity contribution in [2.75, 3.05) is 20.3 Å². The molecule has 0 radical (unpaired) electrons. The average Bonchev–Trinajstić information content (AvgIpc) is 2.65. The van der Waals surface area contributed by atoms with Crippen molar-refractivity contribution in [2.45, 2.75) is 39.7 Å². The molecule has 0 atom stereocenters. The van der Waals surface area contributed by atoms with Crippen molar-refractivity contribution in [3.8, 4) is 11.5 Å². The van der Waals surface area contributed by atoms with Gasteiger partial charge in [0.05, 0.1) is 0 Å². The number of aryl methyl sites for hydroxylation is 1. The van der Waals surface area contributed by atoms with E-state index >= 15 is 0 Å². The van der Waals surface area contributed by atoms with Crippen molar-refractivity contribution >= 4 is 10.8 Å². The van der Waals surface area contributed by atoms with Crippen LogP contribution in [-0.2, 0) is 12.0 Å². The Bertz CT molecular complexity index is 941. The molecule has 0 heterocycles. The van der Waals surface area contributed by atoms with Crippen LogP contribution in [-0.4, -0.2) is 20.3 Å². The first kappa shape index (κ1) is 20.2. The van der Waals surface area contributed by atoms with Gasteiger partial charge in [-0.3, -0.25) is 0 Å². The maximum absolute atomic E-state index is 6.11. The molecule has 148 valence electrons. The highest BCUT2D eigenvalue weighted by atomic mass is 16.5. The molecule has 1 N–H and O–H groups in total. The molecule has 0 bridgehead atoms. The molecule has 28 heavy (non-hydrogen) atoms. The molecule has 3 rings (SSSR count). The summed E-state index contributed by atoms with van der Waals surface area (Å²) in [5, 5.41) is 5.71. The average molecular weight is 378 g/mol. The van der Waals surface area contributed by atoms with E-state index < -0.39 is 0 Å². The third-order valence-electron chi connectivity index (χ3n) is 4.89. The van der Waals surface area contributed by atoms with Crippen LogP contribution in [0.15, 0.2) is 54.6 Å². The molecule has 3 heteroatoms. The summed E-state index contributed by atoms with van der Waals surface area (Å²) in [5.41, 5.74) is 3.66. The van der Waals surface area contributed by atoms with E-state index in [0.29, 0.717) is 13.2 Å². The molecule has 0 aromatic heterocycles. The van der Waals surface area contributed by atoms with E-state index in [1.807, 2.05) is 7.05 Å². The summed E-state index contributed by atoms with van der Waals surface area (Å²) in [7, 11) is 1.96. The monoisotopic (exact) mass is 377 g/mol. The van der Waals surface area contributed by atoms with Gasteiger partial charge in [-0.25, -0.2) is 0 Å². The second kappa shape index (κ2) is 8.66. The number of benzene rings is 3. The highest BCUT2D eigenvalue weighted by Gasteiger charge is 2.19. The molecule has 0 saturated heterocycles. The maximum Gasteiger partial charge on any atom is 0.124 e. The zero-order valence-corrected chi connectivity index (χ0v) is 17.6. The van der Waals surface area contributed by atoms with Gasteiger partial charge in [-0.1, -0.05) is 63.2 Å². The highest BCUT2D eigenvalue weighted by molar-refractivity contribution is 5.87. The van der Waals surface area contributed by atoms with E-state index in [1.54, 1.807) is 0 Å². The summed E-state index contributed by atoms with van der Waals surface area (Å²) in [4.78, 5) is 0. The van der Waals surface area contributed by atoms with Crippen LogP contribution in [0.4, 0.5) is 0 Å². The minimum absolute atomic E-state index is 0.0439. The fourth-order valence-electron chi connectivity index (χ4n) is 3.48. The van der Waals surface area contributed by atoms with Crippen LogP contribution in [0, 0.1) is 6.92 Å². The van der Waals surface area contributed by atoms with Crippen LogP contribution in [0.1, 0.15) is 37.5 Å². The van der Waals surface area contributed by atoms with Crippen molar-refractivity contribution < 1.29 is 9.47 Å². The van der Waals surface area contributed by atoms with Gasteiger partial charge in [0, 0.05) is 12.1 Å². The molecule has 3 aromatic rings. The van der Waals surface area contributed by atoms with E-state index in [0.717, 1.165) is 18.0 Å². The van der Waals surface area contributed by atoms with Crippen molar-refractivity contribution in [1.82, 2.24) is 5.32 Å². The van der Waals surface area contributed by atoms with Crippen LogP contribution in [0.2, 0.25) is 0 Å². The van der Waals surface area contributed by atoms with Gasteiger partial charge >= 0.3 is 0 Å². The first-order valence-corrected chi connectivity index (χ1v) is 9.92. The zero-order chi connectivity index (χ0) is 20.1. The second-order valence-corrected chi connectivity index (χ2v) is 8.24. The topological polar surface area (TPSA) is 30.5 Å². The fraction of sp³-hybridized carbons (Fsp3) is 0.360. The summed E-state index contributed by atoms with van der Waals surface area (Å²) in [6.07, 6.45) is 0.